The molecule has 4 rings (SSSR count). The second-order valence-electron chi connectivity index (χ2n) is 6.98. The number of fused-ring (bicyclic) bond motifs is 3. The van der Waals surface area contributed by atoms with Crippen LogP contribution in [0, 0.1) is 11.6 Å². The normalized spacial score (nSPS) is 19.2. The van der Waals surface area contributed by atoms with Gasteiger partial charge in [0.1, 0.15) is 11.6 Å². The Morgan fingerprint density at radius 1 is 1.04 bits per heavy atom. The van der Waals surface area contributed by atoms with Gasteiger partial charge in [0.05, 0.1) is 12.6 Å². The number of aliphatic hydroxyl groups is 1. The van der Waals surface area contributed by atoms with E-state index in [2.05, 4.69) is 0 Å². The van der Waals surface area contributed by atoms with Gasteiger partial charge in [-0.25, -0.2) is 13.2 Å². The summed E-state index contributed by atoms with van der Waals surface area (Å²) in [5.74, 6) is -1.45. The maximum Gasteiger partial charge on any atom is 0.257 e. The van der Waals surface area contributed by atoms with Crippen molar-refractivity contribution in [3.8, 4) is 0 Å². The van der Waals surface area contributed by atoms with Crippen molar-refractivity contribution in [2.75, 3.05) is 13.1 Å². The van der Waals surface area contributed by atoms with E-state index in [1.54, 1.807) is 16.7 Å². The third-order valence-corrected chi connectivity index (χ3v) is 5.08. The van der Waals surface area contributed by atoms with Crippen LogP contribution in [-0.2, 0) is 11.3 Å². The summed E-state index contributed by atoms with van der Waals surface area (Å²) in [5, 5.41) is 11.6. The van der Waals surface area contributed by atoms with Crippen LogP contribution in [0.2, 0.25) is 0 Å². The molecule has 2 atom stereocenters. The molecule has 3 aromatic rings. The van der Waals surface area contributed by atoms with Crippen LogP contribution < -0.4 is 0 Å². The largest absolute Gasteiger partial charge is 0.389 e. The van der Waals surface area contributed by atoms with Crippen molar-refractivity contribution >= 4 is 27.7 Å². The number of nitrogens with zero attached hydrogens (tertiary/aromatic N) is 2. The summed E-state index contributed by atoms with van der Waals surface area (Å²) in [5.41, 5.74) is 1.31. The molecule has 2 heterocycles. The fraction of sp³-hybridized carbons (Fsp3) is 0.350. The highest BCUT2D eigenvalue weighted by atomic mass is 19.1. The minimum Gasteiger partial charge on any atom is -0.389 e. The Hall–Kier alpha value is -2.54. The van der Waals surface area contributed by atoms with E-state index >= 15 is 0 Å². The van der Waals surface area contributed by atoms with Crippen LogP contribution >= 0.6 is 0 Å². The van der Waals surface area contributed by atoms with E-state index in [9.17, 15) is 23.1 Å². The maximum atomic E-state index is 13.7. The molecule has 2 unspecified atom stereocenters. The van der Waals surface area contributed by atoms with Crippen LogP contribution in [0.1, 0.15) is 12.8 Å². The molecule has 1 fully saturated rings. The fourth-order valence-electron chi connectivity index (χ4n) is 3.84. The molecule has 0 bridgehead atoms. The van der Waals surface area contributed by atoms with Crippen molar-refractivity contribution in [1.29, 1.82) is 0 Å². The summed E-state index contributed by atoms with van der Waals surface area (Å²) >= 11 is 0. The molecule has 4 nitrogen and oxygen atoms in total. The molecular formula is C20H19F3N2O2. The smallest absolute Gasteiger partial charge is 0.257 e. The fourth-order valence-corrected chi connectivity index (χ4v) is 3.84. The number of halogens is 3. The summed E-state index contributed by atoms with van der Waals surface area (Å²) in [7, 11) is 0. The van der Waals surface area contributed by atoms with E-state index < -0.39 is 29.8 Å². The lowest BCUT2D eigenvalue weighted by Crippen LogP contribution is -2.46. The second kappa shape index (κ2) is 6.88. The van der Waals surface area contributed by atoms with Crippen LogP contribution in [-0.4, -0.2) is 45.8 Å². The molecule has 1 aliphatic heterocycles. The average Bonchev–Trinajstić information content (AvgIpc) is 2.91. The molecule has 2 aromatic carbocycles. The van der Waals surface area contributed by atoms with Gasteiger partial charge in [-0.3, -0.25) is 4.79 Å². The van der Waals surface area contributed by atoms with Gasteiger partial charge in [0.2, 0.25) is 0 Å². The van der Waals surface area contributed by atoms with Crippen molar-refractivity contribution in [2.24, 2.45) is 0 Å². The topological polar surface area (TPSA) is 45.5 Å². The van der Waals surface area contributed by atoms with E-state index in [0.29, 0.717) is 34.8 Å². The van der Waals surface area contributed by atoms with Crippen molar-refractivity contribution in [1.82, 2.24) is 9.47 Å². The molecule has 1 aromatic heterocycles. The van der Waals surface area contributed by atoms with Gasteiger partial charge < -0.3 is 14.6 Å². The lowest BCUT2D eigenvalue weighted by Gasteiger charge is -2.30. The first-order chi connectivity index (χ1) is 12.9. The average molecular weight is 376 g/mol. The SMILES string of the molecule is O=C1C(F)CCCN1CC(O)Cn1c2ccc(F)cc2c2cc(F)ccc21. The number of rotatable bonds is 4. The number of aromatic nitrogens is 1. The minimum absolute atomic E-state index is 0.0167. The van der Waals surface area contributed by atoms with Crippen molar-refractivity contribution in [3.05, 3.63) is 48.0 Å². The maximum absolute atomic E-state index is 13.7. The van der Waals surface area contributed by atoms with E-state index in [0.717, 1.165) is 0 Å². The van der Waals surface area contributed by atoms with Gasteiger partial charge in [0.15, 0.2) is 6.17 Å². The van der Waals surface area contributed by atoms with Crippen LogP contribution in [0.4, 0.5) is 13.2 Å². The third-order valence-electron chi connectivity index (χ3n) is 5.08. The van der Waals surface area contributed by atoms with E-state index in [-0.39, 0.29) is 19.5 Å². The number of hydrogen-bond donors (Lipinski definition) is 1. The summed E-state index contributed by atoms with van der Waals surface area (Å²) < 4.78 is 42.8. The summed E-state index contributed by atoms with van der Waals surface area (Å²) in [6.07, 6.45) is -1.67. The monoisotopic (exact) mass is 376 g/mol. The molecule has 1 N–H and O–H groups in total. The number of amides is 1. The number of β-amino-alcohol motifs (C(OH)–C–C–N with tert-alkyl or cyclic N) is 1. The first-order valence-electron chi connectivity index (χ1n) is 8.92. The number of carbonyl (C=O) groups excluding carboxylic acids is 1. The number of aliphatic hydroxyl groups excluding tert-OH is 1. The Bertz CT molecular complexity index is 958. The first-order valence-corrected chi connectivity index (χ1v) is 8.92. The highest BCUT2D eigenvalue weighted by Gasteiger charge is 2.29. The third kappa shape index (κ3) is 3.27. The van der Waals surface area contributed by atoms with Gasteiger partial charge >= 0.3 is 0 Å². The molecule has 1 aliphatic rings. The molecule has 27 heavy (non-hydrogen) atoms. The molecule has 0 saturated carbocycles. The van der Waals surface area contributed by atoms with Gasteiger partial charge in [-0.2, -0.15) is 0 Å². The molecule has 0 radical (unpaired) electrons. The van der Waals surface area contributed by atoms with E-state index in [1.165, 1.54) is 29.2 Å². The van der Waals surface area contributed by atoms with E-state index in [1.807, 2.05) is 0 Å². The summed E-state index contributed by atoms with van der Waals surface area (Å²) in [6.45, 7) is 0.556. The quantitative estimate of drug-likeness (QED) is 0.759. The molecule has 1 saturated heterocycles. The molecule has 0 spiro atoms. The van der Waals surface area contributed by atoms with Gasteiger partial charge in [-0.1, -0.05) is 0 Å². The predicted molar refractivity (Wildman–Crippen MR) is 96.1 cm³/mol. The zero-order valence-corrected chi connectivity index (χ0v) is 14.5. The second-order valence-corrected chi connectivity index (χ2v) is 6.98. The Balaban J connectivity index is 1.67. The standard InChI is InChI=1S/C20H19F3N2O2/c21-12-3-5-18-15(8-12)16-9-13(22)4-6-19(16)25(18)11-14(26)10-24-7-1-2-17(23)20(24)27/h3-6,8-9,14,17,26H,1-2,7,10-11H2. The zero-order valence-electron chi connectivity index (χ0n) is 14.5. The Morgan fingerprint density at radius 2 is 1.63 bits per heavy atom. The predicted octanol–water partition coefficient (Wildman–Crippen LogP) is 3.39. The number of hydrogen-bond acceptors (Lipinski definition) is 2. The van der Waals surface area contributed by atoms with E-state index in [4.69, 9.17) is 0 Å². The molecule has 7 heteroatoms. The lowest BCUT2D eigenvalue weighted by molar-refractivity contribution is -0.141. The van der Waals surface area contributed by atoms with Gasteiger partial charge in [-0.15, -0.1) is 0 Å². The highest BCUT2D eigenvalue weighted by Crippen LogP contribution is 2.30. The number of likely N-dealkylation sites (tertiary alicyclic amines) is 1. The number of alkyl halides is 1. The molecular weight excluding hydrogens is 357 g/mol. The van der Waals surface area contributed by atoms with Crippen LogP contribution in [0.25, 0.3) is 21.8 Å². The number of piperidine rings is 1. The summed E-state index contributed by atoms with van der Waals surface area (Å²) in [4.78, 5) is 13.3. The van der Waals surface area contributed by atoms with Crippen molar-refractivity contribution < 1.29 is 23.1 Å². The van der Waals surface area contributed by atoms with Gasteiger partial charge in [-0.05, 0) is 49.2 Å². The first kappa shape index (κ1) is 17.9. The van der Waals surface area contributed by atoms with Crippen LogP contribution in [0.5, 0.6) is 0 Å². The van der Waals surface area contributed by atoms with Crippen molar-refractivity contribution in [2.45, 2.75) is 31.7 Å². The number of carbonyl (C=O) groups is 1. The lowest BCUT2D eigenvalue weighted by atomic mass is 10.1. The minimum atomic E-state index is -1.51. The van der Waals surface area contributed by atoms with Crippen LogP contribution in [0.15, 0.2) is 36.4 Å². The van der Waals surface area contributed by atoms with Gasteiger partial charge in [0.25, 0.3) is 5.91 Å². The molecule has 0 aliphatic carbocycles. The Labute approximate surface area is 153 Å². The summed E-state index contributed by atoms with van der Waals surface area (Å²) in [6, 6.07) is 8.45. The number of benzene rings is 2. The van der Waals surface area contributed by atoms with Crippen LogP contribution in [0.3, 0.4) is 0 Å². The molecule has 1 amide bonds. The Kier molecular flexibility index (Phi) is 4.55. The van der Waals surface area contributed by atoms with Crippen molar-refractivity contribution in [3.63, 3.8) is 0 Å². The Morgan fingerprint density at radius 3 is 2.22 bits per heavy atom. The highest BCUT2D eigenvalue weighted by molar-refractivity contribution is 6.08. The molecule has 142 valence electrons. The zero-order chi connectivity index (χ0) is 19.1. The van der Waals surface area contributed by atoms with Gasteiger partial charge in [0, 0.05) is 34.9 Å².